The quantitative estimate of drug-likeness (QED) is 0.0917. The summed E-state index contributed by atoms with van der Waals surface area (Å²) in [6.45, 7) is -1.09. The van der Waals surface area contributed by atoms with Gasteiger partial charge < -0.3 is 38.8 Å². The molecule has 20 heteroatoms. The Balaban J connectivity index is -0.000000192. The number of amidine groups is 2. The Bertz CT molecular complexity index is 585. The average Bonchev–Trinajstić information content (AvgIpc) is 2.33. The predicted molar refractivity (Wildman–Crippen MR) is 81.7 cm³/mol. The number of nitrogens with one attached hydrogen (secondary N) is 2. The van der Waals surface area contributed by atoms with Crippen LogP contribution in [0.3, 0.4) is 0 Å². The van der Waals surface area contributed by atoms with Gasteiger partial charge in [0.1, 0.15) is 13.1 Å². The normalized spacial score (nSPS) is 13.4. The van der Waals surface area contributed by atoms with Gasteiger partial charge in [-0.05, 0) is 0 Å². The zero-order chi connectivity index (χ0) is 21.3. The second-order valence-electron chi connectivity index (χ2n) is 4.37. The molecular weight excluding hydrogens is 448 g/mol. The van der Waals surface area contributed by atoms with E-state index in [2.05, 4.69) is 20.1 Å². The number of nitrogens with zero attached hydrogens (tertiary/aromatic N) is 2. The minimum Gasteiger partial charge on any atom is -0.756 e. The minimum atomic E-state index is -4.53. The molecule has 0 saturated heterocycles. The van der Waals surface area contributed by atoms with Crippen LogP contribution in [0.5, 0.6) is 0 Å². The molecule has 2 atom stereocenters. The topological polar surface area (TPSA) is 280 Å². The first kappa shape index (κ1) is 35.2. The Kier molecular flexibility index (Phi) is 19.6. The van der Waals surface area contributed by atoms with Crippen LogP contribution in [0.2, 0.25) is 0 Å². The van der Waals surface area contributed by atoms with Crippen molar-refractivity contribution in [1.82, 2.24) is 9.80 Å². The maximum absolute atomic E-state index is 10.3. The summed E-state index contributed by atoms with van der Waals surface area (Å²) in [5, 5.41) is 30.4. The predicted octanol–water partition coefficient (Wildman–Crippen LogP) is -9.23. The summed E-state index contributed by atoms with van der Waals surface area (Å²) < 4.78 is 28.4. The Morgan fingerprint density at radius 1 is 0.893 bits per heavy atom. The third-order valence-corrected chi connectivity index (χ3v) is 2.72. The van der Waals surface area contributed by atoms with Gasteiger partial charge in [0, 0.05) is 14.1 Å². The van der Waals surface area contributed by atoms with E-state index in [0.717, 1.165) is 9.80 Å². The number of carbonyl (C=O) groups is 2. The van der Waals surface area contributed by atoms with Crippen LogP contribution in [-0.2, 0) is 27.8 Å². The summed E-state index contributed by atoms with van der Waals surface area (Å²) >= 11 is 0. The van der Waals surface area contributed by atoms with E-state index in [9.17, 15) is 28.5 Å². The molecule has 0 aromatic heterocycles. The molecule has 0 aromatic carbocycles. The summed E-state index contributed by atoms with van der Waals surface area (Å²) in [6.07, 6.45) is 0. The van der Waals surface area contributed by atoms with Crippen LogP contribution < -0.4 is 79.9 Å². The van der Waals surface area contributed by atoms with Crippen LogP contribution in [0.4, 0.5) is 0 Å². The van der Waals surface area contributed by atoms with Gasteiger partial charge in [-0.3, -0.25) is 40.5 Å². The van der Waals surface area contributed by atoms with Crippen LogP contribution in [0.1, 0.15) is 0 Å². The molecular formula is C8H18N6Na2O10P2. The van der Waals surface area contributed by atoms with Crippen LogP contribution in [-0.4, -0.2) is 71.2 Å². The van der Waals surface area contributed by atoms with E-state index in [1.54, 1.807) is 0 Å². The van der Waals surface area contributed by atoms with Crippen LogP contribution in [0.25, 0.3) is 0 Å². The zero-order valence-corrected chi connectivity index (χ0v) is 21.3. The van der Waals surface area contributed by atoms with Gasteiger partial charge in [-0.2, -0.15) is 0 Å². The number of hydrogen-bond acceptors (Lipinski definition) is 10. The maximum atomic E-state index is 10.3. The van der Waals surface area contributed by atoms with Crippen molar-refractivity contribution in [2.45, 2.75) is 0 Å². The monoisotopic (exact) mass is 466 g/mol. The first-order valence-corrected chi connectivity index (χ1v) is 9.28. The zero-order valence-electron chi connectivity index (χ0n) is 15.5. The number of carboxylic acid groups (broad SMARTS) is 2. The van der Waals surface area contributed by atoms with E-state index in [-0.39, 0.29) is 59.1 Å². The van der Waals surface area contributed by atoms with Crippen molar-refractivity contribution in [2.24, 2.45) is 11.0 Å². The fourth-order valence-electron chi connectivity index (χ4n) is 0.930. The molecule has 0 rings (SSSR count). The second-order valence-corrected chi connectivity index (χ2v) is 6.90. The van der Waals surface area contributed by atoms with Crippen LogP contribution >= 0.6 is 15.5 Å². The number of nitrogens with two attached hydrogens (primary N) is 2. The van der Waals surface area contributed by atoms with E-state index in [1.807, 2.05) is 0 Å². The smallest absolute Gasteiger partial charge is 0.756 e. The van der Waals surface area contributed by atoms with Crippen molar-refractivity contribution in [2.75, 3.05) is 27.2 Å². The molecule has 0 spiro atoms. The second kappa shape index (κ2) is 15.6. The van der Waals surface area contributed by atoms with E-state index >= 15 is 0 Å². The Morgan fingerprint density at radius 2 is 1.11 bits per heavy atom. The Hall–Kier alpha value is -0.220. The summed E-state index contributed by atoms with van der Waals surface area (Å²) in [7, 11) is -6.68. The van der Waals surface area contributed by atoms with E-state index < -0.39 is 52.6 Å². The van der Waals surface area contributed by atoms with Gasteiger partial charge >= 0.3 is 71.1 Å². The first-order valence-electron chi connectivity index (χ1n) is 6.06. The van der Waals surface area contributed by atoms with Gasteiger partial charge in [-0.25, -0.2) is 0 Å². The van der Waals surface area contributed by atoms with E-state index in [1.165, 1.54) is 14.1 Å². The largest absolute Gasteiger partial charge is 1.00 e. The van der Waals surface area contributed by atoms with Crippen molar-refractivity contribution in [1.29, 1.82) is 10.8 Å². The van der Waals surface area contributed by atoms with Gasteiger partial charge in [-0.1, -0.05) is 0 Å². The van der Waals surface area contributed by atoms with Crippen molar-refractivity contribution >= 4 is 39.5 Å². The summed E-state index contributed by atoms with van der Waals surface area (Å²) in [5.74, 6) is -2.43. The Morgan fingerprint density at radius 3 is 1.25 bits per heavy atom. The van der Waals surface area contributed by atoms with Gasteiger partial charge in [0.15, 0.2) is 0 Å². The fraction of sp³-hybridized carbons (Fsp3) is 0.500. The molecule has 0 radical (unpaired) electrons. The Labute approximate surface area is 203 Å². The summed E-state index contributed by atoms with van der Waals surface area (Å²) in [6, 6.07) is -1.66. The molecule has 8 N–H and O–H groups in total. The fourth-order valence-corrected chi connectivity index (χ4v) is 1.69. The third-order valence-electron chi connectivity index (χ3n) is 1.87. The van der Waals surface area contributed by atoms with Crippen molar-refractivity contribution in [3.8, 4) is 0 Å². The van der Waals surface area contributed by atoms with Gasteiger partial charge in [0.05, 0.1) is 0 Å². The van der Waals surface area contributed by atoms with Crippen molar-refractivity contribution in [3.05, 3.63) is 0 Å². The van der Waals surface area contributed by atoms with Gasteiger partial charge in [0.2, 0.25) is 0 Å². The number of likely N-dealkylation sites (N-methyl/N-ethyl adjacent to an activating group) is 2. The first-order chi connectivity index (χ1) is 11.4. The number of rotatable bonds is 6. The summed E-state index contributed by atoms with van der Waals surface area (Å²) in [5.41, 5.74) is 8.94. The molecule has 28 heavy (non-hydrogen) atoms. The molecule has 16 nitrogen and oxygen atoms in total. The third kappa shape index (κ3) is 23.8. The molecule has 0 heterocycles. The van der Waals surface area contributed by atoms with Gasteiger partial charge in [0.25, 0.3) is 27.5 Å². The molecule has 152 valence electrons. The van der Waals surface area contributed by atoms with Crippen molar-refractivity contribution < 1.29 is 107 Å². The van der Waals surface area contributed by atoms with E-state index in [0.29, 0.717) is 0 Å². The van der Waals surface area contributed by atoms with Crippen molar-refractivity contribution in [3.63, 3.8) is 0 Å². The standard InChI is InChI=1S/2C4H10N3O5P.2Na/c2*1-7(2-3(8)9)4(5)12-13(6,10)11;;/h2*5H,2H2,1H3,(H,8,9)(H3,6,10,11);;/q;;2*+1/p-2. The molecule has 0 saturated carbocycles. The molecule has 0 aromatic rings. The molecule has 0 bridgehead atoms. The molecule has 2 unspecified atom stereocenters. The molecule has 0 fully saturated rings. The van der Waals surface area contributed by atoms with E-state index in [4.69, 9.17) is 21.0 Å². The average molecular weight is 466 g/mol. The number of carboxylic acids is 2. The number of aliphatic carboxylic acids is 2. The molecule has 0 aliphatic carbocycles. The van der Waals surface area contributed by atoms with Gasteiger partial charge in [-0.15, -0.1) is 0 Å². The molecule has 0 aliphatic rings. The maximum Gasteiger partial charge on any atom is 1.00 e. The summed E-state index contributed by atoms with van der Waals surface area (Å²) in [4.78, 5) is 42.4. The number of hydrogen-bond donors (Lipinski definition) is 6. The molecule has 0 aliphatic heterocycles. The molecule has 0 amide bonds. The SMILES string of the molecule is CN(CC(=O)O)C(=N)OP(N)(=O)[O-].CN(CC(=O)O)C(=N)OP(N)(=O)[O-].[Na+].[Na+]. The van der Waals surface area contributed by atoms with Crippen LogP contribution in [0.15, 0.2) is 0 Å². The minimum absolute atomic E-state index is 0. The van der Waals surface area contributed by atoms with Crippen LogP contribution in [0, 0.1) is 10.8 Å².